The molecule has 16 heavy (non-hydrogen) atoms. The summed E-state index contributed by atoms with van der Waals surface area (Å²) in [6.45, 7) is 13.5. The van der Waals surface area contributed by atoms with Crippen LogP contribution < -0.4 is 5.73 Å². The maximum absolute atomic E-state index is 12.1. The van der Waals surface area contributed by atoms with E-state index in [1.54, 1.807) is 0 Å². The van der Waals surface area contributed by atoms with Crippen LogP contribution in [0.25, 0.3) is 0 Å². The summed E-state index contributed by atoms with van der Waals surface area (Å²) in [5.41, 5.74) is 6.18. The van der Waals surface area contributed by atoms with Crippen molar-refractivity contribution in [3.8, 4) is 0 Å². The van der Waals surface area contributed by atoms with Crippen molar-refractivity contribution >= 4 is 5.91 Å². The number of nitrogens with two attached hydrogens (primary N) is 1. The molecule has 0 heterocycles. The summed E-state index contributed by atoms with van der Waals surface area (Å²) in [6.07, 6.45) is 1.61. The van der Waals surface area contributed by atoms with Crippen LogP contribution in [0.3, 0.4) is 0 Å². The Morgan fingerprint density at radius 1 is 1.31 bits per heavy atom. The fourth-order valence-corrected chi connectivity index (χ4v) is 1.64. The molecular formula is C13H26N2O. The molecule has 0 aromatic heterocycles. The summed E-state index contributed by atoms with van der Waals surface area (Å²) in [6, 6.07) is 0.211. The minimum Gasteiger partial charge on any atom is -0.336 e. The largest absolute Gasteiger partial charge is 0.336 e. The van der Waals surface area contributed by atoms with Crippen molar-refractivity contribution in [1.82, 2.24) is 4.90 Å². The molecule has 0 saturated carbocycles. The van der Waals surface area contributed by atoms with E-state index in [-0.39, 0.29) is 11.9 Å². The van der Waals surface area contributed by atoms with Crippen LogP contribution in [0.2, 0.25) is 0 Å². The van der Waals surface area contributed by atoms with Crippen molar-refractivity contribution in [2.45, 2.75) is 46.6 Å². The van der Waals surface area contributed by atoms with Crippen LogP contribution in [0.4, 0.5) is 0 Å². The average molecular weight is 226 g/mol. The zero-order chi connectivity index (χ0) is 12.7. The Morgan fingerprint density at radius 2 is 1.88 bits per heavy atom. The van der Waals surface area contributed by atoms with Crippen LogP contribution in [0.15, 0.2) is 12.2 Å². The van der Waals surface area contributed by atoms with Crippen LogP contribution in [-0.2, 0) is 4.79 Å². The lowest BCUT2D eigenvalue weighted by molar-refractivity contribution is -0.129. The van der Waals surface area contributed by atoms with Crippen LogP contribution in [0.5, 0.6) is 0 Å². The maximum Gasteiger partial charge on any atom is 0.249 e. The van der Waals surface area contributed by atoms with E-state index in [0.717, 1.165) is 19.4 Å². The van der Waals surface area contributed by atoms with Crippen molar-refractivity contribution in [3.63, 3.8) is 0 Å². The van der Waals surface area contributed by atoms with Gasteiger partial charge in [-0.25, -0.2) is 0 Å². The first-order chi connectivity index (χ1) is 7.40. The smallest absolute Gasteiger partial charge is 0.249 e. The van der Waals surface area contributed by atoms with Crippen LogP contribution in [0.1, 0.15) is 40.5 Å². The number of rotatable bonds is 7. The second-order valence-electron chi connectivity index (χ2n) is 4.94. The van der Waals surface area contributed by atoms with Gasteiger partial charge in [0.25, 0.3) is 0 Å². The van der Waals surface area contributed by atoms with Crippen LogP contribution >= 0.6 is 0 Å². The van der Waals surface area contributed by atoms with E-state index in [4.69, 9.17) is 5.73 Å². The molecule has 0 aliphatic rings. The lowest BCUT2D eigenvalue weighted by atomic mass is 10.0. The Labute approximate surface area is 99.7 Å². The third-order valence-electron chi connectivity index (χ3n) is 2.44. The Balaban J connectivity index is 4.42. The van der Waals surface area contributed by atoms with Gasteiger partial charge in [0.2, 0.25) is 5.91 Å². The summed E-state index contributed by atoms with van der Waals surface area (Å²) in [7, 11) is 0. The molecule has 0 aromatic carbocycles. The number of hydrogen-bond donors (Lipinski definition) is 1. The van der Waals surface area contributed by atoms with E-state index < -0.39 is 0 Å². The number of carbonyl (C=O) groups excluding carboxylic acids is 1. The molecule has 0 saturated heterocycles. The third kappa shape index (κ3) is 5.31. The molecule has 0 bridgehead atoms. The van der Waals surface area contributed by atoms with Crippen molar-refractivity contribution in [2.24, 2.45) is 11.7 Å². The third-order valence-corrected chi connectivity index (χ3v) is 2.44. The molecule has 1 amide bonds. The molecule has 0 radical (unpaired) electrons. The molecule has 0 aliphatic carbocycles. The first-order valence-electron chi connectivity index (χ1n) is 6.09. The number of amides is 1. The van der Waals surface area contributed by atoms with Gasteiger partial charge in [0.1, 0.15) is 0 Å². The molecule has 0 aliphatic heterocycles. The lowest BCUT2D eigenvalue weighted by Crippen LogP contribution is -2.39. The summed E-state index contributed by atoms with van der Waals surface area (Å²) < 4.78 is 0. The van der Waals surface area contributed by atoms with Crippen molar-refractivity contribution in [1.29, 1.82) is 0 Å². The van der Waals surface area contributed by atoms with Gasteiger partial charge < -0.3 is 10.6 Å². The predicted octanol–water partition coefficient (Wildman–Crippen LogP) is 2.17. The van der Waals surface area contributed by atoms with Gasteiger partial charge in [-0.05, 0) is 39.2 Å². The first kappa shape index (κ1) is 15.2. The molecule has 2 N–H and O–H groups in total. The second kappa shape index (κ2) is 7.44. The van der Waals surface area contributed by atoms with Gasteiger partial charge in [0.05, 0.1) is 0 Å². The van der Waals surface area contributed by atoms with Gasteiger partial charge >= 0.3 is 0 Å². The molecule has 0 rings (SSSR count). The van der Waals surface area contributed by atoms with Gasteiger partial charge in [-0.15, -0.1) is 0 Å². The van der Waals surface area contributed by atoms with Crippen molar-refractivity contribution in [2.75, 3.05) is 13.1 Å². The van der Waals surface area contributed by atoms with Gasteiger partial charge in [-0.2, -0.15) is 0 Å². The highest BCUT2D eigenvalue weighted by atomic mass is 16.2. The summed E-state index contributed by atoms with van der Waals surface area (Å²) in [4.78, 5) is 14.0. The molecule has 0 aromatic rings. The highest BCUT2D eigenvalue weighted by molar-refractivity contribution is 5.93. The fraction of sp³-hybridized carbons (Fsp3) is 0.769. The summed E-state index contributed by atoms with van der Waals surface area (Å²) >= 11 is 0. The number of nitrogens with zero attached hydrogens (tertiary/aromatic N) is 1. The fourth-order valence-electron chi connectivity index (χ4n) is 1.64. The molecule has 0 atom stereocenters. The molecule has 94 valence electrons. The minimum absolute atomic E-state index is 0.0807. The predicted molar refractivity (Wildman–Crippen MR) is 69.1 cm³/mol. The van der Waals surface area contributed by atoms with E-state index in [1.807, 2.05) is 18.7 Å². The second-order valence-corrected chi connectivity index (χ2v) is 4.94. The maximum atomic E-state index is 12.1. The minimum atomic E-state index is 0.0807. The lowest BCUT2D eigenvalue weighted by Gasteiger charge is -2.27. The number of hydrogen-bond acceptors (Lipinski definition) is 2. The summed E-state index contributed by atoms with van der Waals surface area (Å²) in [5.74, 6) is 0.553. The van der Waals surface area contributed by atoms with Crippen LogP contribution in [-0.4, -0.2) is 29.9 Å². The van der Waals surface area contributed by atoms with Crippen LogP contribution in [0, 0.1) is 5.92 Å². The Kier molecular flexibility index (Phi) is 7.06. The van der Waals surface area contributed by atoms with Gasteiger partial charge in [-0.3, -0.25) is 4.79 Å². The molecule has 3 nitrogen and oxygen atoms in total. The molecule has 0 fully saturated rings. The Morgan fingerprint density at radius 3 is 2.25 bits per heavy atom. The van der Waals surface area contributed by atoms with E-state index in [9.17, 15) is 4.79 Å². The highest BCUT2D eigenvalue weighted by Crippen LogP contribution is 2.13. The van der Waals surface area contributed by atoms with Crippen molar-refractivity contribution < 1.29 is 4.79 Å². The zero-order valence-electron chi connectivity index (χ0n) is 11.1. The molecular weight excluding hydrogens is 200 g/mol. The molecule has 0 spiro atoms. The van der Waals surface area contributed by atoms with Gasteiger partial charge in [0, 0.05) is 18.2 Å². The Hall–Kier alpha value is -0.830. The topological polar surface area (TPSA) is 46.3 Å². The van der Waals surface area contributed by atoms with Gasteiger partial charge in [-0.1, -0.05) is 20.4 Å². The Bertz CT molecular complexity index is 234. The monoisotopic (exact) mass is 226 g/mol. The summed E-state index contributed by atoms with van der Waals surface area (Å²) in [5, 5.41) is 0. The number of carbonyl (C=O) groups is 1. The molecule has 3 heteroatoms. The van der Waals surface area contributed by atoms with E-state index in [2.05, 4.69) is 20.4 Å². The normalized spacial score (nSPS) is 10.9. The molecule has 0 unspecified atom stereocenters. The van der Waals surface area contributed by atoms with Gasteiger partial charge in [0.15, 0.2) is 0 Å². The highest BCUT2D eigenvalue weighted by Gasteiger charge is 2.19. The quantitative estimate of drug-likeness (QED) is 0.676. The van der Waals surface area contributed by atoms with E-state index in [0.29, 0.717) is 18.0 Å². The van der Waals surface area contributed by atoms with E-state index >= 15 is 0 Å². The SMILES string of the molecule is C=C(CC(C)C)C(=O)N(CCCN)C(C)C. The first-order valence-corrected chi connectivity index (χ1v) is 6.09. The zero-order valence-corrected chi connectivity index (χ0v) is 11.1. The average Bonchev–Trinajstić information content (AvgIpc) is 2.16. The standard InChI is InChI=1S/C13H26N2O/c1-10(2)9-12(5)13(16)15(11(3)4)8-6-7-14/h10-11H,5-9,14H2,1-4H3. The van der Waals surface area contributed by atoms with Crippen molar-refractivity contribution in [3.05, 3.63) is 12.2 Å². The van der Waals surface area contributed by atoms with E-state index in [1.165, 1.54) is 0 Å².